The van der Waals surface area contributed by atoms with Gasteiger partial charge in [-0.25, -0.2) is 4.98 Å². The number of aliphatic hydroxyl groups excluding tert-OH is 1. The molecule has 0 spiro atoms. The molecular weight excluding hydrogens is 385 g/mol. The van der Waals surface area contributed by atoms with Gasteiger partial charge in [0, 0.05) is 24.7 Å². The van der Waals surface area contributed by atoms with E-state index in [0.717, 1.165) is 30.5 Å². The molecule has 0 aliphatic carbocycles. The summed E-state index contributed by atoms with van der Waals surface area (Å²) in [5, 5.41) is 23.6. The van der Waals surface area contributed by atoms with E-state index in [1.54, 1.807) is 0 Å². The maximum atomic E-state index is 10.3. The molecule has 0 aliphatic heterocycles. The molecule has 3 rings (SSSR count). The number of nitrogens with one attached hydrogen (secondary N) is 1. The highest BCUT2D eigenvalue weighted by Gasteiger charge is 2.15. The average Bonchev–Trinajstić information content (AvgIpc) is 3.06. The van der Waals surface area contributed by atoms with Crippen molar-refractivity contribution in [1.82, 2.24) is 14.9 Å². The van der Waals surface area contributed by atoms with Crippen LogP contribution in [-0.2, 0) is 6.54 Å². The van der Waals surface area contributed by atoms with Crippen LogP contribution in [0.15, 0.2) is 42.7 Å². The van der Waals surface area contributed by atoms with Gasteiger partial charge in [0.2, 0.25) is 0 Å². The molecule has 1 heterocycles. The molecule has 1 aromatic heterocycles. The van der Waals surface area contributed by atoms with Crippen LogP contribution in [0, 0.1) is 5.92 Å². The van der Waals surface area contributed by atoms with Crippen molar-refractivity contribution in [3.8, 4) is 5.75 Å². The Kier molecular flexibility index (Phi) is 6.60. The fraction of sp³-hybridized carbons (Fsp3) is 0.350. The maximum Gasteiger partial charge on any atom is 0.135 e. The van der Waals surface area contributed by atoms with E-state index in [1.807, 2.05) is 24.5 Å². The van der Waals surface area contributed by atoms with Crippen LogP contribution in [0.3, 0.4) is 0 Å². The van der Waals surface area contributed by atoms with Crippen molar-refractivity contribution in [2.45, 2.75) is 26.0 Å². The molecule has 7 heteroatoms. The number of imidazole rings is 1. The van der Waals surface area contributed by atoms with Crippen molar-refractivity contribution in [2.75, 3.05) is 13.1 Å². The van der Waals surface area contributed by atoms with Crippen LogP contribution in [-0.4, -0.2) is 32.9 Å². The Hall–Kier alpha value is -1.79. The SMILES string of the molecule is CC(CCn1cnc2ccccc21)CNCC(O)c1cc(Cl)c(O)cc1Cl. The molecule has 2 aromatic carbocycles. The normalized spacial score (nSPS) is 13.8. The largest absolute Gasteiger partial charge is 0.506 e. The summed E-state index contributed by atoms with van der Waals surface area (Å²) in [5.74, 6) is 0.337. The van der Waals surface area contributed by atoms with Crippen LogP contribution in [0.25, 0.3) is 11.0 Å². The molecule has 0 radical (unpaired) electrons. The summed E-state index contributed by atoms with van der Waals surface area (Å²) in [4.78, 5) is 4.41. The lowest BCUT2D eigenvalue weighted by Crippen LogP contribution is -2.27. The van der Waals surface area contributed by atoms with Gasteiger partial charge in [-0.3, -0.25) is 0 Å². The first kappa shape index (κ1) is 20.0. The van der Waals surface area contributed by atoms with Gasteiger partial charge >= 0.3 is 0 Å². The number of rotatable bonds is 8. The van der Waals surface area contributed by atoms with Crippen LogP contribution in [0.2, 0.25) is 10.0 Å². The van der Waals surface area contributed by atoms with Gasteiger partial charge in [-0.05, 0) is 37.1 Å². The molecule has 3 aromatic rings. The van der Waals surface area contributed by atoms with Gasteiger partial charge in [0.15, 0.2) is 0 Å². The zero-order chi connectivity index (χ0) is 19.4. The molecule has 5 nitrogen and oxygen atoms in total. The fourth-order valence-electron chi connectivity index (χ4n) is 3.03. The highest BCUT2D eigenvalue weighted by atomic mass is 35.5. The molecule has 0 saturated heterocycles. The van der Waals surface area contributed by atoms with E-state index in [4.69, 9.17) is 23.2 Å². The van der Waals surface area contributed by atoms with Crippen LogP contribution >= 0.6 is 23.2 Å². The third-order valence-electron chi connectivity index (χ3n) is 4.65. The summed E-state index contributed by atoms with van der Waals surface area (Å²) < 4.78 is 2.17. The zero-order valence-corrected chi connectivity index (χ0v) is 16.6. The molecule has 0 aliphatic rings. The molecule has 2 atom stereocenters. The van der Waals surface area contributed by atoms with E-state index < -0.39 is 6.10 Å². The molecule has 27 heavy (non-hydrogen) atoms. The number of hydrogen-bond donors (Lipinski definition) is 3. The summed E-state index contributed by atoms with van der Waals surface area (Å²) in [6, 6.07) is 10.9. The first-order valence-electron chi connectivity index (χ1n) is 8.92. The number of phenols is 1. The number of benzene rings is 2. The van der Waals surface area contributed by atoms with Crippen molar-refractivity contribution in [3.05, 3.63) is 58.3 Å². The third-order valence-corrected chi connectivity index (χ3v) is 5.28. The Balaban J connectivity index is 1.47. The predicted octanol–water partition coefficient (Wildman–Crippen LogP) is 4.40. The Morgan fingerprint density at radius 2 is 1.93 bits per heavy atom. The third kappa shape index (κ3) is 4.93. The highest BCUT2D eigenvalue weighted by Crippen LogP contribution is 2.33. The molecule has 0 fully saturated rings. The van der Waals surface area contributed by atoms with E-state index in [9.17, 15) is 10.2 Å². The highest BCUT2D eigenvalue weighted by molar-refractivity contribution is 6.34. The number of para-hydroxylation sites is 2. The smallest absolute Gasteiger partial charge is 0.135 e. The van der Waals surface area contributed by atoms with Crippen molar-refractivity contribution >= 4 is 34.2 Å². The molecular formula is C20H23Cl2N3O2. The summed E-state index contributed by atoms with van der Waals surface area (Å²) in [6.45, 7) is 4.19. The number of halogens is 2. The number of hydrogen-bond acceptors (Lipinski definition) is 4. The maximum absolute atomic E-state index is 10.3. The topological polar surface area (TPSA) is 70.3 Å². The van der Waals surface area contributed by atoms with E-state index >= 15 is 0 Å². The zero-order valence-electron chi connectivity index (χ0n) is 15.1. The first-order chi connectivity index (χ1) is 13.0. The Bertz CT molecular complexity index is 913. The van der Waals surface area contributed by atoms with E-state index in [0.29, 0.717) is 23.0 Å². The lowest BCUT2D eigenvalue weighted by molar-refractivity contribution is 0.172. The number of phenolic OH excluding ortho intramolecular Hbond substituents is 1. The van der Waals surface area contributed by atoms with Gasteiger partial charge in [-0.1, -0.05) is 42.3 Å². The second-order valence-electron chi connectivity index (χ2n) is 6.82. The molecule has 0 bridgehead atoms. The summed E-state index contributed by atoms with van der Waals surface area (Å²) >= 11 is 12.0. The van der Waals surface area contributed by atoms with E-state index in [2.05, 4.69) is 27.9 Å². The molecule has 3 N–H and O–H groups in total. The van der Waals surface area contributed by atoms with Gasteiger partial charge in [-0.15, -0.1) is 0 Å². The first-order valence-corrected chi connectivity index (χ1v) is 9.68. The summed E-state index contributed by atoms with van der Waals surface area (Å²) in [6.07, 6.45) is 2.08. The number of aromatic hydroxyl groups is 1. The number of fused-ring (bicyclic) bond motifs is 1. The lowest BCUT2D eigenvalue weighted by Gasteiger charge is -2.17. The minimum absolute atomic E-state index is 0.0915. The number of aryl methyl sites for hydroxylation is 1. The van der Waals surface area contributed by atoms with Crippen molar-refractivity contribution in [1.29, 1.82) is 0 Å². The van der Waals surface area contributed by atoms with Crippen LogP contribution in [0.4, 0.5) is 0 Å². The van der Waals surface area contributed by atoms with Gasteiger partial charge in [0.05, 0.1) is 33.5 Å². The lowest BCUT2D eigenvalue weighted by atomic mass is 10.1. The minimum Gasteiger partial charge on any atom is -0.506 e. The van der Waals surface area contributed by atoms with Crippen LogP contribution in [0.5, 0.6) is 5.75 Å². The second kappa shape index (κ2) is 8.93. The van der Waals surface area contributed by atoms with Crippen molar-refractivity contribution in [2.24, 2.45) is 5.92 Å². The van der Waals surface area contributed by atoms with E-state index in [1.165, 1.54) is 12.1 Å². The molecule has 0 saturated carbocycles. The second-order valence-corrected chi connectivity index (χ2v) is 7.63. The van der Waals surface area contributed by atoms with Crippen LogP contribution < -0.4 is 5.32 Å². The number of aliphatic hydroxyl groups is 1. The number of nitrogens with zero attached hydrogens (tertiary/aromatic N) is 2. The minimum atomic E-state index is -0.791. The van der Waals surface area contributed by atoms with Crippen molar-refractivity contribution < 1.29 is 10.2 Å². The van der Waals surface area contributed by atoms with E-state index in [-0.39, 0.29) is 10.8 Å². The molecule has 0 amide bonds. The molecule has 144 valence electrons. The summed E-state index contributed by atoms with van der Waals surface area (Å²) in [5.41, 5.74) is 2.66. The number of aromatic nitrogens is 2. The predicted molar refractivity (Wildman–Crippen MR) is 109 cm³/mol. The van der Waals surface area contributed by atoms with Gasteiger partial charge < -0.3 is 20.1 Å². The van der Waals surface area contributed by atoms with Crippen molar-refractivity contribution in [3.63, 3.8) is 0 Å². The quantitative estimate of drug-likeness (QED) is 0.517. The Morgan fingerprint density at radius 1 is 1.15 bits per heavy atom. The van der Waals surface area contributed by atoms with Gasteiger partial charge in [-0.2, -0.15) is 0 Å². The average molecular weight is 408 g/mol. The van der Waals surface area contributed by atoms with Gasteiger partial charge in [0.1, 0.15) is 5.75 Å². The standard InChI is InChI=1S/C20H23Cl2N3O2/c1-13(6-7-25-12-24-17-4-2-3-5-18(17)25)10-23-11-20(27)14-8-16(22)19(26)9-15(14)21/h2-5,8-9,12-13,20,23,26-27H,6-7,10-11H2,1H3. The fourth-order valence-corrected chi connectivity index (χ4v) is 3.49. The van der Waals surface area contributed by atoms with Gasteiger partial charge in [0.25, 0.3) is 0 Å². The Morgan fingerprint density at radius 3 is 2.74 bits per heavy atom. The monoisotopic (exact) mass is 407 g/mol. The molecule has 2 unspecified atom stereocenters. The summed E-state index contributed by atoms with van der Waals surface area (Å²) in [7, 11) is 0. The Labute approximate surface area is 168 Å². The van der Waals surface area contributed by atoms with Crippen LogP contribution in [0.1, 0.15) is 25.0 Å².